The van der Waals surface area contributed by atoms with Gasteiger partial charge < -0.3 is 10.7 Å². The fourth-order valence-corrected chi connectivity index (χ4v) is 1.85. The number of hydrogen-bond donors (Lipinski definition) is 4. The van der Waals surface area contributed by atoms with E-state index in [9.17, 15) is 4.79 Å². The third kappa shape index (κ3) is 2.46. The third-order valence-corrected chi connectivity index (χ3v) is 2.70. The zero-order chi connectivity index (χ0) is 12.3. The van der Waals surface area contributed by atoms with Gasteiger partial charge in [0.25, 0.3) is 5.91 Å². The first-order valence-electron chi connectivity index (χ1n) is 5.49. The minimum atomic E-state index is -0.554. The van der Waals surface area contributed by atoms with E-state index in [0.29, 0.717) is 6.42 Å². The molecule has 0 aliphatic carbocycles. The molecule has 17 heavy (non-hydrogen) atoms. The van der Waals surface area contributed by atoms with Crippen LogP contribution in [0.2, 0.25) is 0 Å². The van der Waals surface area contributed by atoms with Gasteiger partial charge in [-0.05, 0) is 18.1 Å². The highest BCUT2D eigenvalue weighted by Gasteiger charge is 2.15. The second kappa shape index (κ2) is 4.99. The van der Waals surface area contributed by atoms with Crippen LogP contribution in [0.15, 0.2) is 30.5 Å². The number of carbonyl (C=O) groups excluding carboxylic acids is 1. The van der Waals surface area contributed by atoms with Crippen molar-refractivity contribution in [3.63, 3.8) is 0 Å². The summed E-state index contributed by atoms with van der Waals surface area (Å²) in [4.78, 5) is 14.7. The molecule has 0 saturated heterocycles. The zero-order valence-electron chi connectivity index (χ0n) is 9.66. The van der Waals surface area contributed by atoms with Crippen LogP contribution in [-0.2, 0) is 11.2 Å². The number of nitrogens with one attached hydrogen (secondary N) is 3. The molecule has 0 radical (unpaired) electrons. The van der Waals surface area contributed by atoms with E-state index in [0.717, 1.165) is 16.5 Å². The van der Waals surface area contributed by atoms with Crippen molar-refractivity contribution in [1.29, 1.82) is 0 Å². The molecule has 1 amide bonds. The molecule has 1 atom stereocenters. The number of carbonyl (C=O) groups is 1. The highest BCUT2D eigenvalue weighted by molar-refractivity contribution is 5.85. The molecular formula is C12H16N4O. The van der Waals surface area contributed by atoms with Gasteiger partial charge in [0.15, 0.2) is 0 Å². The SMILES string of the molecule is CNNC(=O)[C@H](N)Cc1c[nH]c2ccccc12. The second-order valence-electron chi connectivity index (χ2n) is 3.91. The van der Waals surface area contributed by atoms with Gasteiger partial charge in [-0.3, -0.25) is 10.2 Å². The summed E-state index contributed by atoms with van der Waals surface area (Å²) in [5.74, 6) is -0.210. The van der Waals surface area contributed by atoms with Crippen LogP contribution in [0, 0.1) is 0 Å². The molecule has 0 unspecified atom stereocenters. The maximum absolute atomic E-state index is 11.5. The van der Waals surface area contributed by atoms with E-state index in [1.165, 1.54) is 0 Å². The molecule has 1 aromatic carbocycles. The van der Waals surface area contributed by atoms with Gasteiger partial charge in [-0.15, -0.1) is 0 Å². The summed E-state index contributed by atoms with van der Waals surface area (Å²) in [5, 5.41) is 1.11. The van der Waals surface area contributed by atoms with Gasteiger partial charge >= 0.3 is 0 Å². The molecule has 0 aliphatic heterocycles. The van der Waals surface area contributed by atoms with Gasteiger partial charge in [-0.1, -0.05) is 18.2 Å². The highest BCUT2D eigenvalue weighted by atomic mass is 16.2. The van der Waals surface area contributed by atoms with E-state index < -0.39 is 6.04 Å². The first-order valence-corrected chi connectivity index (χ1v) is 5.49. The number of fused-ring (bicyclic) bond motifs is 1. The summed E-state index contributed by atoms with van der Waals surface area (Å²) >= 11 is 0. The Morgan fingerprint density at radius 1 is 1.47 bits per heavy atom. The number of rotatable bonds is 4. The van der Waals surface area contributed by atoms with Gasteiger partial charge in [-0.25, -0.2) is 5.43 Å². The summed E-state index contributed by atoms with van der Waals surface area (Å²) < 4.78 is 0. The van der Waals surface area contributed by atoms with Gasteiger partial charge in [-0.2, -0.15) is 0 Å². The molecule has 90 valence electrons. The van der Waals surface area contributed by atoms with Crippen LogP contribution in [0.4, 0.5) is 0 Å². The van der Waals surface area contributed by atoms with E-state index in [1.807, 2.05) is 30.5 Å². The predicted octanol–water partition coefficient (Wildman–Crippen LogP) is 0.288. The van der Waals surface area contributed by atoms with Crippen molar-refractivity contribution >= 4 is 16.8 Å². The van der Waals surface area contributed by atoms with Crippen molar-refractivity contribution in [2.24, 2.45) is 5.73 Å². The summed E-state index contributed by atoms with van der Waals surface area (Å²) in [6, 6.07) is 7.40. The average Bonchev–Trinajstić information content (AvgIpc) is 2.73. The molecule has 5 heteroatoms. The summed E-state index contributed by atoms with van der Waals surface area (Å²) in [6.07, 6.45) is 2.41. The fourth-order valence-electron chi connectivity index (χ4n) is 1.85. The average molecular weight is 232 g/mol. The second-order valence-corrected chi connectivity index (χ2v) is 3.91. The predicted molar refractivity (Wildman–Crippen MR) is 67.2 cm³/mol. The van der Waals surface area contributed by atoms with E-state index in [-0.39, 0.29) is 5.91 Å². The number of nitrogens with two attached hydrogens (primary N) is 1. The van der Waals surface area contributed by atoms with Crippen LogP contribution >= 0.6 is 0 Å². The number of aromatic nitrogens is 1. The minimum absolute atomic E-state index is 0.210. The number of hydrogen-bond acceptors (Lipinski definition) is 3. The zero-order valence-corrected chi connectivity index (χ0v) is 9.66. The summed E-state index contributed by atoms with van der Waals surface area (Å²) in [7, 11) is 1.64. The van der Waals surface area contributed by atoms with Gasteiger partial charge in [0, 0.05) is 24.1 Å². The number of para-hydroxylation sites is 1. The largest absolute Gasteiger partial charge is 0.361 e. The Hall–Kier alpha value is -1.85. The smallest absolute Gasteiger partial charge is 0.251 e. The van der Waals surface area contributed by atoms with E-state index in [1.54, 1.807) is 7.05 Å². The molecule has 0 spiro atoms. The van der Waals surface area contributed by atoms with Crippen LogP contribution in [0.3, 0.4) is 0 Å². The first-order chi connectivity index (χ1) is 8.22. The maximum atomic E-state index is 11.5. The third-order valence-electron chi connectivity index (χ3n) is 2.70. The lowest BCUT2D eigenvalue weighted by Crippen LogP contribution is -2.46. The van der Waals surface area contributed by atoms with Gasteiger partial charge in [0.2, 0.25) is 0 Å². The monoisotopic (exact) mass is 232 g/mol. The van der Waals surface area contributed by atoms with Crippen molar-refractivity contribution in [1.82, 2.24) is 15.8 Å². The van der Waals surface area contributed by atoms with Gasteiger partial charge in [0.1, 0.15) is 0 Å². The standard InChI is InChI=1S/C12H16N4O/c1-14-16-12(17)10(13)6-8-7-15-11-5-3-2-4-9(8)11/h2-5,7,10,14-15H,6,13H2,1H3,(H,16,17)/t10-/m1/s1. The van der Waals surface area contributed by atoms with Crippen molar-refractivity contribution in [2.75, 3.05) is 7.05 Å². The lowest BCUT2D eigenvalue weighted by molar-refractivity contribution is -0.123. The van der Waals surface area contributed by atoms with Crippen molar-refractivity contribution in [3.05, 3.63) is 36.0 Å². The Morgan fingerprint density at radius 3 is 3.00 bits per heavy atom. The fraction of sp³-hybridized carbons (Fsp3) is 0.250. The van der Waals surface area contributed by atoms with E-state index in [4.69, 9.17) is 5.73 Å². The van der Waals surface area contributed by atoms with Crippen molar-refractivity contribution in [3.8, 4) is 0 Å². The lowest BCUT2D eigenvalue weighted by Gasteiger charge is -2.10. The Morgan fingerprint density at radius 2 is 2.24 bits per heavy atom. The molecular weight excluding hydrogens is 216 g/mol. The molecule has 1 aromatic heterocycles. The molecule has 0 aliphatic rings. The van der Waals surface area contributed by atoms with Crippen LogP contribution in [0.1, 0.15) is 5.56 Å². The van der Waals surface area contributed by atoms with Crippen molar-refractivity contribution < 1.29 is 4.79 Å². The molecule has 2 rings (SSSR count). The number of benzene rings is 1. The van der Waals surface area contributed by atoms with Crippen molar-refractivity contribution in [2.45, 2.75) is 12.5 Å². The molecule has 0 bridgehead atoms. The molecule has 5 nitrogen and oxygen atoms in total. The molecule has 2 aromatic rings. The van der Waals surface area contributed by atoms with E-state index >= 15 is 0 Å². The number of aromatic amines is 1. The van der Waals surface area contributed by atoms with Crippen LogP contribution in [-0.4, -0.2) is 24.0 Å². The molecule has 0 fully saturated rings. The Kier molecular flexibility index (Phi) is 3.41. The Bertz CT molecular complexity index is 520. The molecule has 0 saturated carbocycles. The Labute approximate surface area is 99.4 Å². The minimum Gasteiger partial charge on any atom is -0.361 e. The van der Waals surface area contributed by atoms with Crippen LogP contribution < -0.4 is 16.6 Å². The van der Waals surface area contributed by atoms with Crippen LogP contribution in [0.25, 0.3) is 10.9 Å². The highest BCUT2D eigenvalue weighted by Crippen LogP contribution is 2.18. The normalized spacial score (nSPS) is 12.6. The molecule has 5 N–H and O–H groups in total. The number of H-pyrrole nitrogens is 1. The topological polar surface area (TPSA) is 82.9 Å². The number of amides is 1. The summed E-state index contributed by atoms with van der Waals surface area (Å²) in [5.41, 5.74) is 13.0. The lowest BCUT2D eigenvalue weighted by atomic mass is 10.1. The first kappa shape index (κ1) is 11.6. The molecule has 1 heterocycles. The van der Waals surface area contributed by atoms with E-state index in [2.05, 4.69) is 15.8 Å². The summed E-state index contributed by atoms with van der Waals surface area (Å²) in [6.45, 7) is 0. The van der Waals surface area contributed by atoms with Gasteiger partial charge in [0.05, 0.1) is 6.04 Å². The quantitative estimate of drug-likeness (QED) is 0.572. The Balaban J connectivity index is 2.16. The number of hydrazine groups is 1. The van der Waals surface area contributed by atoms with Crippen LogP contribution in [0.5, 0.6) is 0 Å². The maximum Gasteiger partial charge on any atom is 0.251 e.